The first-order chi connectivity index (χ1) is 14.6. The molecule has 154 valence electrons. The van der Waals surface area contributed by atoms with Crippen LogP contribution in [0.1, 0.15) is 35.7 Å². The van der Waals surface area contributed by atoms with Crippen molar-refractivity contribution in [3.63, 3.8) is 0 Å². The highest BCUT2D eigenvalue weighted by atomic mass is 32.1. The molecule has 0 spiro atoms. The molecule has 4 aromatic rings. The maximum atomic E-state index is 12.9. The lowest BCUT2D eigenvalue weighted by Gasteiger charge is -2.05. The fourth-order valence-corrected chi connectivity index (χ4v) is 5.03. The number of hydrogen-bond donors (Lipinski definition) is 0. The van der Waals surface area contributed by atoms with Gasteiger partial charge >= 0.3 is 5.97 Å². The van der Waals surface area contributed by atoms with Gasteiger partial charge in [0.15, 0.2) is 4.80 Å². The van der Waals surface area contributed by atoms with E-state index in [1.54, 1.807) is 22.2 Å². The SMILES string of the molecule is CCCCc1ccc2c(c1)sc(=NC(=O)c1ccc3ncsc3c1)n2CC(=O)OC. The third kappa shape index (κ3) is 4.20. The summed E-state index contributed by atoms with van der Waals surface area (Å²) in [6, 6.07) is 11.5. The number of carbonyl (C=O) groups excluding carboxylic acids is 2. The van der Waals surface area contributed by atoms with Crippen LogP contribution in [0.3, 0.4) is 0 Å². The smallest absolute Gasteiger partial charge is 0.325 e. The minimum Gasteiger partial charge on any atom is -0.468 e. The molecule has 0 saturated carbocycles. The third-order valence-corrected chi connectivity index (χ3v) is 6.69. The second-order valence-corrected chi connectivity index (χ2v) is 8.80. The highest BCUT2D eigenvalue weighted by Crippen LogP contribution is 2.22. The van der Waals surface area contributed by atoms with Crippen LogP contribution in [0, 0.1) is 0 Å². The van der Waals surface area contributed by atoms with Gasteiger partial charge in [-0.3, -0.25) is 9.59 Å². The van der Waals surface area contributed by atoms with Crippen LogP contribution in [-0.2, 0) is 22.5 Å². The number of unbranched alkanes of at least 4 members (excludes halogenated alkanes) is 1. The van der Waals surface area contributed by atoms with Crippen molar-refractivity contribution in [3.05, 3.63) is 57.8 Å². The number of ether oxygens (including phenoxy) is 1. The van der Waals surface area contributed by atoms with Gasteiger partial charge in [0.1, 0.15) is 6.54 Å². The Kier molecular flexibility index (Phi) is 6.06. The molecule has 0 aliphatic heterocycles. The number of rotatable bonds is 6. The summed E-state index contributed by atoms with van der Waals surface area (Å²) in [6.07, 6.45) is 3.25. The number of thiazole rings is 2. The topological polar surface area (TPSA) is 73.5 Å². The molecule has 0 fully saturated rings. The molecule has 1 amide bonds. The van der Waals surface area contributed by atoms with Gasteiger partial charge in [0.2, 0.25) is 0 Å². The van der Waals surface area contributed by atoms with Gasteiger partial charge in [-0.05, 0) is 48.7 Å². The van der Waals surface area contributed by atoms with Crippen molar-refractivity contribution in [2.45, 2.75) is 32.7 Å². The Morgan fingerprint density at radius 3 is 2.83 bits per heavy atom. The summed E-state index contributed by atoms with van der Waals surface area (Å²) in [5.74, 6) is -0.730. The highest BCUT2D eigenvalue weighted by molar-refractivity contribution is 7.17. The van der Waals surface area contributed by atoms with E-state index in [1.165, 1.54) is 35.3 Å². The minimum atomic E-state index is -0.385. The quantitative estimate of drug-likeness (QED) is 0.413. The van der Waals surface area contributed by atoms with E-state index < -0.39 is 0 Å². The summed E-state index contributed by atoms with van der Waals surface area (Å²) < 4.78 is 8.53. The number of amides is 1. The summed E-state index contributed by atoms with van der Waals surface area (Å²) in [7, 11) is 1.35. The molecule has 0 atom stereocenters. The van der Waals surface area contributed by atoms with Crippen molar-refractivity contribution in [1.82, 2.24) is 9.55 Å². The molecule has 0 bridgehead atoms. The standard InChI is InChI=1S/C22H21N3O3S2/c1-3-4-5-14-6-9-17-19(10-14)30-22(25(17)12-20(26)28-2)24-21(27)15-7-8-16-18(11-15)29-13-23-16/h6-11,13H,3-5,12H2,1-2H3. The van der Waals surface area contributed by atoms with Crippen LogP contribution in [0.15, 0.2) is 46.9 Å². The van der Waals surface area contributed by atoms with Crippen molar-refractivity contribution in [1.29, 1.82) is 0 Å². The highest BCUT2D eigenvalue weighted by Gasteiger charge is 2.13. The molecule has 0 aliphatic rings. The van der Waals surface area contributed by atoms with Gasteiger partial charge in [-0.1, -0.05) is 30.7 Å². The van der Waals surface area contributed by atoms with Gasteiger partial charge in [-0.15, -0.1) is 11.3 Å². The van der Waals surface area contributed by atoms with Crippen LogP contribution in [0.4, 0.5) is 0 Å². The molecule has 30 heavy (non-hydrogen) atoms. The van der Waals surface area contributed by atoms with Crippen molar-refractivity contribution >= 4 is 55.0 Å². The number of methoxy groups -OCH3 is 1. The number of esters is 1. The van der Waals surface area contributed by atoms with E-state index in [0.29, 0.717) is 10.4 Å². The monoisotopic (exact) mass is 439 g/mol. The van der Waals surface area contributed by atoms with E-state index in [4.69, 9.17) is 4.74 Å². The zero-order valence-corrected chi connectivity index (χ0v) is 18.4. The Bertz CT molecular complexity index is 1300. The average Bonchev–Trinajstić information content (AvgIpc) is 3.35. The van der Waals surface area contributed by atoms with E-state index in [2.05, 4.69) is 29.0 Å². The number of aryl methyl sites for hydroxylation is 1. The van der Waals surface area contributed by atoms with Gasteiger partial charge in [-0.2, -0.15) is 4.99 Å². The lowest BCUT2D eigenvalue weighted by atomic mass is 10.1. The first kappa shape index (κ1) is 20.4. The number of hydrogen-bond acceptors (Lipinski definition) is 6. The number of benzene rings is 2. The number of carbonyl (C=O) groups is 2. The summed E-state index contributed by atoms with van der Waals surface area (Å²) >= 11 is 2.89. The molecule has 0 unspecified atom stereocenters. The first-order valence-electron chi connectivity index (χ1n) is 9.70. The normalized spacial score (nSPS) is 12.0. The van der Waals surface area contributed by atoms with Crippen molar-refractivity contribution < 1.29 is 14.3 Å². The first-order valence-corrected chi connectivity index (χ1v) is 11.4. The molecular weight excluding hydrogens is 418 g/mol. The molecule has 0 radical (unpaired) electrons. The third-order valence-electron chi connectivity index (χ3n) is 4.86. The van der Waals surface area contributed by atoms with E-state index >= 15 is 0 Å². The lowest BCUT2D eigenvalue weighted by molar-refractivity contribution is -0.141. The Labute approximate surface area is 181 Å². The van der Waals surface area contributed by atoms with Crippen LogP contribution >= 0.6 is 22.7 Å². The van der Waals surface area contributed by atoms with Crippen LogP contribution in [-0.4, -0.2) is 28.5 Å². The zero-order chi connectivity index (χ0) is 21.1. The zero-order valence-electron chi connectivity index (χ0n) is 16.8. The van der Waals surface area contributed by atoms with Crippen molar-refractivity contribution in [2.75, 3.05) is 7.11 Å². The van der Waals surface area contributed by atoms with Crippen LogP contribution in [0.2, 0.25) is 0 Å². The predicted molar refractivity (Wildman–Crippen MR) is 120 cm³/mol. The second kappa shape index (κ2) is 8.89. The summed E-state index contributed by atoms with van der Waals surface area (Å²) in [4.78, 5) is 33.9. The van der Waals surface area contributed by atoms with Crippen molar-refractivity contribution in [2.24, 2.45) is 4.99 Å². The molecule has 6 nitrogen and oxygen atoms in total. The molecule has 2 heterocycles. The van der Waals surface area contributed by atoms with Crippen LogP contribution in [0.25, 0.3) is 20.4 Å². The van der Waals surface area contributed by atoms with Gasteiger partial charge in [0.05, 0.1) is 33.1 Å². The van der Waals surface area contributed by atoms with Crippen LogP contribution in [0.5, 0.6) is 0 Å². The molecule has 0 aliphatic carbocycles. The molecule has 4 rings (SSSR count). The van der Waals surface area contributed by atoms with E-state index in [1.807, 2.05) is 12.1 Å². The van der Waals surface area contributed by atoms with Crippen molar-refractivity contribution in [3.8, 4) is 0 Å². The minimum absolute atomic E-state index is 0.00476. The predicted octanol–water partition coefficient (Wildman–Crippen LogP) is 4.57. The maximum Gasteiger partial charge on any atom is 0.325 e. The molecule has 0 saturated heterocycles. The summed E-state index contributed by atoms with van der Waals surface area (Å²) in [5.41, 5.74) is 5.22. The Morgan fingerprint density at radius 1 is 1.17 bits per heavy atom. The molecule has 2 aromatic heterocycles. The van der Waals surface area contributed by atoms with Gasteiger partial charge in [0, 0.05) is 5.56 Å². The van der Waals surface area contributed by atoms with Gasteiger partial charge < -0.3 is 9.30 Å². The Morgan fingerprint density at radius 2 is 2.03 bits per heavy atom. The Balaban J connectivity index is 1.78. The van der Waals surface area contributed by atoms with Crippen LogP contribution < -0.4 is 4.80 Å². The number of nitrogens with zero attached hydrogens (tertiary/aromatic N) is 3. The molecule has 0 N–H and O–H groups in total. The molecule has 8 heteroatoms. The van der Waals surface area contributed by atoms with E-state index in [9.17, 15) is 9.59 Å². The van der Waals surface area contributed by atoms with Gasteiger partial charge in [-0.25, -0.2) is 4.98 Å². The fraction of sp³-hybridized carbons (Fsp3) is 0.273. The summed E-state index contributed by atoms with van der Waals surface area (Å²) in [5, 5.41) is 0. The maximum absolute atomic E-state index is 12.9. The largest absolute Gasteiger partial charge is 0.468 e. The Hall–Kier alpha value is -2.84. The summed E-state index contributed by atoms with van der Waals surface area (Å²) in [6.45, 7) is 2.17. The molecule has 2 aromatic carbocycles. The second-order valence-electron chi connectivity index (χ2n) is 6.90. The lowest BCUT2D eigenvalue weighted by Crippen LogP contribution is -2.22. The fourth-order valence-electron chi connectivity index (χ4n) is 3.23. The number of aromatic nitrogens is 2. The van der Waals surface area contributed by atoms with E-state index in [0.717, 1.165) is 39.7 Å². The van der Waals surface area contributed by atoms with E-state index in [-0.39, 0.29) is 18.4 Å². The average molecular weight is 440 g/mol. The number of fused-ring (bicyclic) bond motifs is 2. The molecular formula is C22H21N3O3S2. The van der Waals surface area contributed by atoms with Gasteiger partial charge in [0.25, 0.3) is 5.91 Å².